The second-order valence-electron chi connectivity index (χ2n) is 6.12. The minimum absolute atomic E-state index is 0.000917. The fraction of sp³-hybridized carbons (Fsp3) is 0.588. The summed E-state index contributed by atoms with van der Waals surface area (Å²) in [7, 11) is 1.56. The molecule has 1 aromatic carbocycles. The summed E-state index contributed by atoms with van der Waals surface area (Å²) in [4.78, 5) is 14.5. The van der Waals surface area contributed by atoms with Crippen LogP contribution in [0.1, 0.15) is 31.7 Å². The molecule has 0 unspecified atom stereocenters. The van der Waals surface area contributed by atoms with Crippen molar-refractivity contribution in [2.24, 2.45) is 11.8 Å². The summed E-state index contributed by atoms with van der Waals surface area (Å²) in [6.45, 7) is 3.32. The van der Waals surface area contributed by atoms with Crippen LogP contribution in [0, 0.1) is 11.8 Å². The second kappa shape index (κ2) is 7.49. The molecule has 0 spiro atoms. The van der Waals surface area contributed by atoms with E-state index in [2.05, 4.69) is 0 Å². The summed E-state index contributed by atoms with van der Waals surface area (Å²) >= 11 is 0. The van der Waals surface area contributed by atoms with Gasteiger partial charge in [0.15, 0.2) is 0 Å². The molecule has 1 aliphatic heterocycles. The summed E-state index contributed by atoms with van der Waals surface area (Å²) in [5.41, 5.74) is 0.893. The van der Waals surface area contributed by atoms with Crippen LogP contribution in [0.2, 0.25) is 0 Å². The molecule has 1 fully saturated rings. The van der Waals surface area contributed by atoms with Crippen molar-refractivity contribution in [3.8, 4) is 11.5 Å². The number of benzene rings is 1. The van der Waals surface area contributed by atoms with Gasteiger partial charge in [-0.2, -0.15) is 0 Å². The third-order valence-electron chi connectivity index (χ3n) is 4.27. The largest absolute Gasteiger partial charge is 0.508 e. The quantitative estimate of drug-likeness (QED) is 0.845. The number of piperidine rings is 1. The second-order valence-corrected chi connectivity index (χ2v) is 6.12. The molecular weight excluding hydrogens is 282 g/mol. The summed E-state index contributed by atoms with van der Waals surface area (Å²) in [6, 6.07) is 4.97. The molecule has 0 radical (unpaired) electrons. The Hall–Kier alpha value is -1.75. The van der Waals surface area contributed by atoms with Gasteiger partial charge in [0.1, 0.15) is 11.5 Å². The van der Waals surface area contributed by atoms with Crippen molar-refractivity contribution in [1.29, 1.82) is 0 Å². The van der Waals surface area contributed by atoms with Crippen molar-refractivity contribution in [3.05, 3.63) is 23.8 Å². The first kappa shape index (κ1) is 16.6. The lowest BCUT2D eigenvalue weighted by molar-refractivity contribution is -0.139. The van der Waals surface area contributed by atoms with Crippen molar-refractivity contribution >= 4 is 5.91 Å². The number of likely N-dealkylation sites (tertiary alicyclic amines) is 1. The van der Waals surface area contributed by atoms with Gasteiger partial charge in [-0.05, 0) is 37.3 Å². The maximum absolute atomic E-state index is 12.6. The maximum Gasteiger partial charge on any atom is 0.225 e. The molecule has 5 nitrogen and oxygen atoms in total. The van der Waals surface area contributed by atoms with Crippen molar-refractivity contribution in [1.82, 2.24) is 4.90 Å². The zero-order valence-corrected chi connectivity index (χ0v) is 13.3. The molecule has 2 rings (SSSR count). The highest BCUT2D eigenvalue weighted by atomic mass is 16.5. The van der Waals surface area contributed by atoms with Crippen molar-refractivity contribution in [2.45, 2.75) is 32.7 Å². The lowest BCUT2D eigenvalue weighted by Gasteiger charge is -2.33. The number of rotatable bonds is 6. The van der Waals surface area contributed by atoms with E-state index in [0.29, 0.717) is 12.3 Å². The van der Waals surface area contributed by atoms with Gasteiger partial charge in [0, 0.05) is 37.2 Å². The normalized spacial score (nSPS) is 20.0. The van der Waals surface area contributed by atoms with Crippen LogP contribution in [-0.4, -0.2) is 41.3 Å². The van der Waals surface area contributed by atoms with Crippen molar-refractivity contribution in [2.75, 3.05) is 20.3 Å². The minimum Gasteiger partial charge on any atom is -0.508 e. The van der Waals surface area contributed by atoms with Gasteiger partial charge in [-0.25, -0.2) is 0 Å². The first-order valence-electron chi connectivity index (χ1n) is 7.80. The number of aliphatic hydroxyl groups is 1. The molecule has 1 heterocycles. The number of aliphatic hydroxyl groups excluding tert-OH is 1. The highest BCUT2D eigenvalue weighted by Gasteiger charge is 2.30. The summed E-state index contributed by atoms with van der Waals surface area (Å²) < 4.78 is 5.28. The molecule has 1 aliphatic rings. The Bertz CT molecular complexity index is 517. The number of phenols is 1. The molecule has 2 atom stereocenters. The first-order valence-corrected chi connectivity index (χ1v) is 7.80. The molecule has 1 aromatic rings. The van der Waals surface area contributed by atoms with Gasteiger partial charge in [-0.15, -0.1) is 0 Å². The number of ether oxygens (including phenoxy) is 1. The van der Waals surface area contributed by atoms with E-state index in [9.17, 15) is 15.0 Å². The van der Waals surface area contributed by atoms with E-state index in [4.69, 9.17) is 4.74 Å². The molecule has 1 saturated heterocycles. The molecule has 2 N–H and O–H groups in total. The summed E-state index contributed by atoms with van der Waals surface area (Å²) in [6.07, 6.45) is 2.61. The predicted molar refractivity (Wildman–Crippen MR) is 83.7 cm³/mol. The van der Waals surface area contributed by atoms with Crippen LogP contribution in [0.15, 0.2) is 18.2 Å². The topological polar surface area (TPSA) is 70.0 Å². The van der Waals surface area contributed by atoms with Gasteiger partial charge in [0.2, 0.25) is 5.91 Å². The van der Waals surface area contributed by atoms with E-state index in [-0.39, 0.29) is 30.1 Å². The van der Waals surface area contributed by atoms with E-state index in [1.165, 1.54) is 0 Å². The summed E-state index contributed by atoms with van der Waals surface area (Å²) in [5, 5.41) is 18.7. The Kier molecular flexibility index (Phi) is 5.66. The zero-order chi connectivity index (χ0) is 16.1. The average molecular weight is 307 g/mol. The Morgan fingerprint density at radius 3 is 2.91 bits per heavy atom. The Labute approximate surface area is 131 Å². The summed E-state index contributed by atoms with van der Waals surface area (Å²) in [5.74, 6) is 1.05. The Balaban J connectivity index is 2.07. The maximum atomic E-state index is 12.6. The van der Waals surface area contributed by atoms with Crippen LogP contribution < -0.4 is 4.74 Å². The molecule has 1 amide bonds. The molecule has 122 valence electrons. The Morgan fingerprint density at radius 1 is 1.45 bits per heavy atom. The van der Waals surface area contributed by atoms with Gasteiger partial charge in [0.25, 0.3) is 0 Å². The predicted octanol–water partition coefficient (Wildman–Crippen LogP) is 2.16. The molecule has 0 saturated carbocycles. The van der Waals surface area contributed by atoms with Gasteiger partial charge >= 0.3 is 0 Å². The first-order chi connectivity index (χ1) is 10.5. The monoisotopic (exact) mass is 307 g/mol. The number of aromatic hydroxyl groups is 1. The number of nitrogens with zero attached hydrogens (tertiary/aromatic N) is 1. The number of hydrogen-bond donors (Lipinski definition) is 2. The number of phenolic OH excluding ortho intramolecular Hbond substituents is 1. The number of carbonyl (C=O) groups excluding carboxylic acids is 1. The highest BCUT2D eigenvalue weighted by molar-refractivity contribution is 5.79. The fourth-order valence-corrected chi connectivity index (χ4v) is 3.03. The van der Waals surface area contributed by atoms with Crippen LogP contribution in [0.3, 0.4) is 0 Å². The van der Waals surface area contributed by atoms with Crippen LogP contribution >= 0.6 is 0 Å². The van der Waals surface area contributed by atoms with Gasteiger partial charge in [0.05, 0.1) is 7.11 Å². The minimum atomic E-state index is -0.000917. The van der Waals surface area contributed by atoms with Crippen LogP contribution in [-0.2, 0) is 11.3 Å². The van der Waals surface area contributed by atoms with Crippen LogP contribution in [0.4, 0.5) is 0 Å². The van der Waals surface area contributed by atoms with E-state index in [1.807, 2.05) is 11.8 Å². The highest BCUT2D eigenvalue weighted by Crippen LogP contribution is 2.29. The molecular formula is C17H25NO4. The third kappa shape index (κ3) is 3.91. The third-order valence-corrected chi connectivity index (χ3v) is 4.27. The molecule has 0 bridgehead atoms. The molecule has 22 heavy (non-hydrogen) atoms. The van der Waals surface area contributed by atoms with Crippen LogP contribution in [0.5, 0.6) is 11.5 Å². The lowest BCUT2D eigenvalue weighted by Crippen LogP contribution is -2.41. The molecule has 5 heteroatoms. The molecule has 0 aliphatic carbocycles. The lowest BCUT2D eigenvalue weighted by atomic mass is 9.88. The van der Waals surface area contributed by atoms with E-state index in [1.54, 1.807) is 25.3 Å². The number of carbonyl (C=O) groups is 1. The average Bonchev–Trinajstić information content (AvgIpc) is 2.52. The van der Waals surface area contributed by atoms with Gasteiger partial charge in [-0.1, -0.05) is 6.92 Å². The Morgan fingerprint density at radius 2 is 2.23 bits per heavy atom. The van der Waals surface area contributed by atoms with Gasteiger partial charge < -0.3 is 19.8 Å². The van der Waals surface area contributed by atoms with Crippen molar-refractivity contribution < 1.29 is 19.7 Å². The zero-order valence-electron chi connectivity index (χ0n) is 13.3. The van der Waals surface area contributed by atoms with E-state index in [0.717, 1.165) is 31.4 Å². The standard InChI is InChI=1S/C17H25NO4/c1-12(11-19)8-13-4-3-7-18(17(13)21)10-14-5-6-15(20)9-16(14)22-2/h5-6,9,12-13,19-20H,3-4,7-8,10-11H2,1-2H3/t12-,13-/m0/s1. The molecule has 0 aromatic heterocycles. The number of amides is 1. The van der Waals surface area contributed by atoms with Crippen LogP contribution in [0.25, 0.3) is 0 Å². The smallest absolute Gasteiger partial charge is 0.225 e. The van der Waals surface area contributed by atoms with Crippen molar-refractivity contribution in [3.63, 3.8) is 0 Å². The fourth-order valence-electron chi connectivity index (χ4n) is 3.03. The van der Waals surface area contributed by atoms with E-state index < -0.39 is 0 Å². The number of methoxy groups -OCH3 is 1. The number of hydrogen-bond acceptors (Lipinski definition) is 4. The SMILES string of the molecule is COc1cc(O)ccc1CN1CCC[C@@H](C[C@H](C)CO)C1=O. The van der Waals surface area contributed by atoms with Gasteiger partial charge in [-0.3, -0.25) is 4.79 Å². The van der Waals surface area contributed by atoms with E-state index >= 15 is 0 Å².